The minimum atomic E-state index is 0.108. The normalized spacial score (nSPS) is 32.4. The van der Waals surface area contributed by atoms with Gasteiger partial charge in [0.05, 0.1) is 6.10 Å². The maximum absolute atomic E-state index is 11.5. The SMILES string of the molecule is CCOC1CC(N2CCCNC2=O)C1. The molecule has 1 aliphatic carbocycles. The molecule has 1 saturated carbocycles. The second-order valence-electron chi connectivity index (χ2n) is 3.98. The molecular formula is C10H18N2O2. The molecule has 1 saturated heterocycles. The third-order valence-corrected chi connectivity index (χ3v) is 3.03. The molecule has 2 aliphatic rings. The largest absolute Gasteiger partial charge is 0.378 e. The van der Waals surface area contributed by atoms with E-state index in [0.29, 0.717) is 12.1 Å². The molecule has 2 fully saturated rings. The summed E-state index contributed by atoms with van der Waals surface area (Å²) in [4.78, 5) is 13.4. The molecule has 0 aromatic rings. The number of carbonyl (C=O) groups is 1. The number of nitrogens with one attached hydrogen (secondary N) is 1. The van der Waals surface area contributed by atoms with Crippen LogP contribution in [0.2, 0.25) is 0 Å². The average molecular weight is 198 g/mol. The van der Waals surface area contributed by atoms with Crippen LogP contribution in [-0.4, -0.2) is 42.8 Å². The fourth-order valence-corrected chi connectivity index (χ4v) is 2.16. The third kappa shape index (κ3) is 1.85. The Morgan fingerprint density at radius 1 is 1.57 bits per heavy atom. The van der Waals surface area contributed by atoms with Crippen LogP contribution >= 0.6 is 0 Å². The van der Waals surface area contributed by atoms with Crippen molar-refractivity contribution < 1.29 is 9.53 Å². The molecule has 2 rings (SSSR count). The van der Waals surface area contributed by atoms with Crippen molar-refractivity contribution in [1.29, 1.82) is 0 Å². The Bertz CT molecular complexity index is 214. The Labute approximate surface area is 84.6 Å². The van der Waals surface area contributed by atoms with Crippen LogP contribution in [0.15, 0.2) is 0 Å². The van der Waals surface area contributed by atoms with Crippen molar-refractivity contribution >= 4 is 6.03 Å². The van der Waals surface area contributed by atoms with Gasteiger partial charge in [-0.2, -0.15) is 0 Å². The van der Waals surface area contributed by atoms with E-state index in [9.17, 15) is 4.79 Å². The first-order valence-electron chi connectivity index (χ1n) is 5.47. The van der Waals surface area contributed by atoms with Crippen molar-refractivity contribution in [3.63, 3.8) is 0 Å². The number of amides is 2. The van der Waals surface area contributed by atoms with E-state index < -0.39 is 0 Å². The van der Waals surface area contributed by atoms with Crippen molar-refractivity contribution in [1.82, 2.24) is 10.2 Å². The highest BCUT2D eigenvalue weighted by atomic mass is 16.5. The molecule has 0 aromatic heterocycles. The quantitative estimate of drug-likeness (QED) is 0.734. The predicted molar refractivity (Wildman–Crippen MR) is 53.2 cm³/mol. The van der Waals surface area contributed by atoms with E-state index in [4.69, 9.17) is 4.74 Å². The fraction of sp³-hybridized carbons (Fsp3) is 0.900. The van der Waals surface area contributed by atoms with Gasteiger partial charge in [0.1, 0.15) is 0 Å². The minimum absolute atomic E-state index is 0.108. The lowest BCUT2D eigenvalue weighted by Crippen LogP contribution is -2.56. The van der Waals surface area contributed by atoms with Gasteiger partial charge in [0, 0.05) is 25.7 Å². The van der Waals surface area contributed by atoms with Gasteiger partial charge in [-0.3, -0.25) is 0 Å². The predicted octanol–water partition coefficient (Wildman–Crippen LogP) is 0.969. The summed E-state index contributed by atoms with van der Waals surface area (Å²) in [6.45, 7) is 4.54. The van der Waals surface area contributed by atoms with Crippen molar-refractivity contribution in [2.75, 3.05) is 19.7 Å². The number of hydrogen-bond acceptors (Lipinski definition) is 2. The summed E-state index contributed by atoms with van der Waals surface area (Å²) in [6, 6.07) is 0.531. The molecule has 4 nitrogen and oxygen atoms in total. The number of nitrogens with zero attached hydrogens (tertiary/aromatic N) is 1. The van der Waals surface area contributed by atoms with Gasteiger partial charge in [-0.15, -0.1) is 0 Å². The first-order valence-corrected chi connectivity index (χ1v) is 5.47. The van der Waals surface area contributed by atoms with Gasteiger partial charge >= 0.3 is 6.03 Å². The molecule has 0 unspecified atom stereocenters. The Hall–Kier alpha value is -0.770. The summed E-state index contributed by atoms with van der Waals surface area (Å²) < 4.78 is 5.48. The first kappa shape index (κ1) is 9.77. The monoisotopic (exact) mass is 198 g/mol. The Morgan fingerprint density at radius 3 is 3.00 bits per heavy atom. The molecule has 2 amide bonds. The second kappa shape index (κ2) is 4.17. The summed E-state index contributed by atoms with van der Waals surface area (Å²) >= 11 is 0. The number of ether oxygens (including phenoxy) is 1. The van der Waals surface area contributed by atoms with Crippen molar-refractivity contribution in [2.45, 2.75) is 38.3 Å². The number of rotatable bonds is 3. The summed E-state index contributed by atoms with van der Waals surface area (Å²) in [7, 11) is 0. The molecule has 1 N–H and O–H groups in total. The molecule has 0 bridgehead atoms. The highest BCUT2D eigenvalue weighted by Gasteiger charge is 2.37. The zero-order valence-corrected chi connectivity index (χ0v) is 8.66. The highest BCUT2D eigenvalue weighted by molar-refractivity contribution is 5.75. The zero-order valence-electron chi connectivity index (χ0n) is 8.66. The van der Waals surface area contributed by atoms with E-state index in [-0.39, 0.29) is 6.03 Å². The van der Waals surface area contributed by atoms with Crippen LogP contribution in [0.4, 0.5) is 4.79 Å². The Balaban J connectivity index is 1.77. The van der Waals surface area contributed by atoms with Crippen molar-refractivity contribution in [2.24, 2.45) is 0 Å². The van der Waals surface area contributed by atoms with Gasteiger partial charge < -0.3 is 15.0 Å². The van der Waals surface area contributed by atoms with E-state index in [1.54, 1.807) is 0 Å². The Kier molecular flexibility index (Phi) is 2.91. The van der Waals surface area contributed by atoms with Crippen molar-refractivity contribution in [3.8, 4) is 0 Å². The Morgan fingerprint density at radius 2 is 2.36 bits per heavy atom. The smallest absolute Gasteiger partial charge is 0.317 e. The topological polar surface area (TPSA) is 41.6 Å². The second-order valence-corrected chi connectivity index (χ2v) is 3.98. The van der Waals surface area contributed by atoms with Crippen LogP contribution in [0.1, 0.15) is 26.2 Å². The third-order valence-electron chi connectivity index (χ3n) is 3.03. The number of carbonyl (C=O) groups excluding carboxylic acids is 1. The maximum Gasteiger partial charge on any atom is 0.317 e. The summed E-state index contributed by atoms with van der Waals surface area (Å²) in [5.74, 6) is 0. The summed E-state index contributed by atoms with van der Waals surface area (Å²) in [5.41, 5.74) is 0. The lowest BCUT2D eigenvalue weighted by atomic mass is 9.87. The molecule has 4 heteroatoms. The number of hydrogen-bond donors (Lipinski definition) is 1. The standard InChI is InChI=1S/C10H18N2O2/c1-2-14-9-6-8(7-9)12-5-3-4-11-10(12)13/h8-9H,2-7H2,1H3,(H,11,13). The van der Waals surface area contributed by atoms with E-state index in [0.717, 1.165) is 39.0 Å². The van der Waals surface area contributed by atoms with Crippen LogP contribution in [0.25, 0.3) is 0 Å². The molecule has 0 atom stereocenters. The fourth-order valence-electron chi connectivity index (χ4n) is 2.16. The first-order chi connectivity index (χ1) is 6.81. The van der Waals surface area contributed by atoms with Crippen LogP contribution in [0.3, 0.4) is 0 Å². The van der Waals surface area contributed by atoms with Gasteiger partial charge in [0.2, 0.25) is 0 Å². The summed E-state index contributed by atoms with van der Waals surface area (Å²) in [5, 5.41) is 2.87. The molecule has 0 radical (unpaired) electrons. The molecule has 1 heterocycles. The maximum atomic E-state index is 11.5. The molecular weight excluding hydrogens is 180 g/mol. The van der Waals surface area contributed by atoms with Gasteiger partial charge in [-0.1, -0.05) is 0 Å². The van der Waals surface area contributed by atoms with Gasteiger partial charge in [0.15, 0.2) is 0 Å². The van der Waals surface area contributed by atoms with Crippen LogP contribution in [-0.2, 0) is 4.74 Å². The lowest BCUT2D eigenvalue weighted by Gasteiger charge is -2.43. The van der Waals surface area contributed by atoms with Crippen LogP contribution in [0, 0.1) is 0 Å². The molecule has 1 aliphatic heterocycles. The van der Waals surface area contributed by atoms with Gasteiger partial charge in [0.25, 0.3) is 0 Å². The van der Waals surface area contributed by atoms with Gasteiger partial charge in [-0.05, 0) is 26.2 Å². The van der Waals surface area contributed by atoms with E-state index >= 15 is 0 Å². The zero-order chi connectivity index (χ0) is 9.97. The van der Waals surface area contributed by atoms with E-state index in [1.165, 1.54) is 0 Å². The minimum Gasteiger partial charge on any atom is -0.378 e. The summed E-state index contributed by atoms with van der Waals surface area (Å²) in [6.07, 6.45) is 3.49. The molecule has 0 spiro atoms. The van der Waals surface area contributed by atoms with Crippen LogP contribution in [0.5, 0.6) is 0 Å². The van der Waals surface area contributed by atoms with E-state index in [2.05, 4.69) is 5.32 Å². The molecule has 0 aromatic carbocycles. The lowest BCUT2D eigenvalue weighted by molar-refractivity contribution is -0.0373. The van der Waals surface area contributed by atoms with Crippen LogP contribution < -0.4 is 5.32 Å². The highest BCUT2D eigenvalue weighted by Crippen LogP contribution is 2.29. The van der Waals surface area contributed by atoms with Gasteiger partial charge in [-0.25, -0.2) is 4.79 Å². The molecule has 14 heavy (non-hydrogen) atoms. The molecule has 80 valence electrons. The van der Waals surface area contributed by atoms with E-state index in [1.807, 2.05) is 11.8 Å². The average Bonchev–Trinajstić information content (AvgIpc) is 2.12. The van der Waals surface area contributed by atoms with Crippen molar-refractivity contribution in [3.05, 3.63) is 0 Å². The number of urea groups is 1.